The highest BCUT2D eigenvalue weighted by Gasteiger charge is 2.19. The third kappa shape index (κ3) is 3.45. The van der Waals surface area contributed by atoms with Gasteiger partial charge in [-0.05, 0) is 63.6 Å². The summed E-state index contributed by atoms with van der Waals surface area (Å²) in [4.78, 5) is 12.5. The molecule has 5 nitrogen and oxygen atoms in total. The minimum atomic E-state index is -0.311. The molecule has 0 spiro atoms. The average Bonchev–Trinajstić information content (AvgIpc) is 3.03. The Morgan fingerprint density at radius 2 is 1.96 bits per heavy atom. The molecule has 1 aromatic carbocycles. The van der Waals surface area contributed by atoms with E-state index in [0.29, 0.717) is 0 Å². The summed E-state index contributed by atoms with van der Waals surface area (Å²) in [6, 6.07) is 8.08. The third-order valence-electron chi connectivity index (χ3n) is 4.57. The van der Waals surface area contributed by atoms with Crippen molar-refractivity contribution in [2.24, 2.45) is 0 Å². The highest BCUT2D eigenvalue weighted by molar-refractivity contribution is 5.95. The number of rotatable bonds is 5. The number of carbonyl (C=O) groups excluding carboxylic acids is 1. The first kappa shape index (κ1) is 16.6. The van der Waals surface area contributed by atoms with Gasteiger partial charge in [0, 0.05) is 17.8 Å². The number of hydrogen-bond acceptors (Lipinski definition) is 3. The molecule has 1 atom stereocenters. The van der Waals surface area contributed by atoms with E-state index in [2.05, 4.69) is 33.9 Å². The second-order valence-electron chi connectivity index (χ2n) is 6.76. The van der Waals surface area contributed by atoms with Crippen LogP contribution in [0.25, 0.3) is 0 Å². The highest BCUT2D eigenvalue weighted by atomic mass is 16.2. The molecule has 128 valence electrons. The molecule has 1 aliphatic carbocycles. The Kier molecular flexibility index (Phi) is 4.88. The van der Waals surface area contributed by atoms with Crippen molar-refractivity contribution in [2.75, 3.05) is 10.6 Å². The van der Waals surface area contributed by atoms with Crippen molar-refractivity contribution in [2.45, 2.75) is 58.5 Å². The molecule has 2 N–H and O–H groups in total. The SMILES string of the molecule is CC(C)n1nccc1NC(=O)[C@@H](C)Nc1cccc2c1CCCC2. The van der Waals surface area contributed by atoms with Crippen LogP contribution in [0, 0.1) is 0 Å². The van der Waals surface area contributed by atoms with E-state index < -0.39 is 0 Å². The fourth-order valence-electron chi connectivity index (χ4n) is 3.27. The summed E-state index contributed by atoms with van der Waals surface area (Å²) in [6.07, 6.45) is 6.42. The summed E-state index contributed by atoms with van der Waals surface area (Å²) in [7, 11) is 0. The van der Waals surface area contributed by atoms with Crippen molar-refractivity contribution < 1.29 is 4.79 Å². The summed E-state index contributed by atoms with van der Waals surface area (Å²) < 4.78 is 1.81. The van der Waals surface area contributed by atoms with Crippen LogP contribution < -0.4 is 10.6 Å². The Bertz CT molecular complexity index is 720. The zero-order chi connectivity index (χ0) is 17.1. The normalized spacial score (nSPS) is 15.0. The fraction of sp³-hybridized carbons (Fsp3) is 0.474. The predicted octanol–water partition coefficient (Wildman–Crippen LogP) is 3.78. The standard InChI is InChI=1S/C19H26N4O/c1-13(2)23-18(11-12-20-23)22-19(24)14(3)21-17-10-6-8-15-7-4-5-9-16(15)17/h6,8,10-14,21H,4-5,7,9H2,1-3H3,(H,22,24)/t14-/m1/s1. The van der Waals surface area contributed by atoms with Crippen LogP contribution in [0.2, 0.25) is 0 Å². The molecule has 0 saturated carbocycles. The minimum absolute atomic E-state index is 0.0502. The van der Waals surface area contributed by atoms with Crippen molar-refractivity contribution in [1.82, 2.24) is 9.78 Å². The van der Waals surface area contributed by atoms with Gasteiger partial charge in [-0.25, -0.2) is 4.68 Å². The first-order chi connectivity index (χ1) is 11.6. The van der Waals surface area contributed by atoms with E-state index in [-0.39, 0.29) is 18.0 Å². The summed E-state index contributed by atoms with van der Waals surface area (Å²) in [5, 5.41) is 10.6. The lowest BCUT2D eigenvalue weighted by Crippen LogP contribution is -2.33. The van der Waals surface area contributed by atoms with Gasteiger partial charge in [0.25, 0.3) is 0 Å². The molecule has 0 aliphatic heterocycles. The van der Waals surface area contributed by atoms with E-state index in [9.17, 15) is 4.79 Å². The summed E-state index contributed by atoms with van der Waals surface area (Å²) in [6.45, 7) is 5.98. The summed E-state index contributed by atoms with van der Waals surface area (Å²) >= 11 is 0. The molecule has 24 heavy (non-hydrogen) atoms. The van der Waals surface area contributed by atoms with Gasteiger partial charge in [-0.3, -0.25) is 4.79 Å². The van der Waals surface area contributed by atoms with Gasteiger partial charge in [0.05, 0.1) is 6.20 Å². The molecule has 0 saturated heterocycles. The van der Waals surface area contributed by atoms with Gasteiger partial charge in [-0.15, -0.1) is 0 Å². The van der Waals surface area contributed by atoms with Crippen molar-refractivity contribution in [3.05, 3.63) is 41.6 Å². The topological polar surface area (TPSA) is 59.0 Å². The Labute approximate surface area is 143 Å². The van der Waals surface area contributed by atoms with E-state index >= 15 is 0 Å². The van der Waals surface area contributed by atoms with Crippen LogP contribution in [-0.2, 0) is 17.6 Å². The highest BCUT2D eigenvalue weighted by Crippen LogP contribution is 2.28. The summed E-state index contributed by atoms with van der Waals surface area (Å²) in [5.74, 6) is 0.685. The molecule has 5 heteroatoms. The van der Waals surface area contributed by atoms with Crippen molar-refractivity contribution >= 4 is 17.4 Å². The van der Waals surface area contributed by atoms with Gasteiger partial charge in [0.1, 0.15) is 11.9 Å². The maximum atomic E-state index is 12.5. The number of aryl methyl sites for hydroxylation is 1. The molecule has 0 radical (unpaired) electrons. The molecule has 2 aromatic rings. The Balaban J connectivity index is 1.70. The van der Waals surface area contributed by atoms with Crippen molar-refractivity contribution in [1.29, 1.82) is 0 Å². The molecule has 0 bridgehead atoms. The van der Waals surface area contributed by atoms with Crippen LogP contribution in [-0.4, -0.2) is 21.7 Å². The quantitative estimate of drug-likeness (QED) is 0.879. The lowest BCUT2D eigenvalue weighted by Gasteiger charge is -2.23. The smallest absolute Gasteiger partial charge is 0.247 e. The Morgan fingerprint density at radius 3 is 2.75 bits per heavy atom. The number of benzene rings is 1. The fourth-order valence-corrected chi connectivity index (χ4v) is 3.27. The maximum absolute atomic E-state index is 12.5. The van der Waals surface area contributed by atoms with Crippen LogP contribution in [0.4, 0.5) is 11.5 Å². The first-order valence-corrected chi connectivity index (χ1v) is 8.78. The monoisotopic (exact) mass is 326 g/mol. The second kappa shape index (κ2) is 7.07. The van der Waals surface area contributed by atoms with Gasteiger partial charge in [-0.2, -0.15) is 5.10 Å². The number of amides is 1. The molecule has 1 aliphatic rings. The molecule has 0 unspecified atom stereocenters. The zero-order valence-corrected chi connectivity index (χ0v) is 14.7. The van der Waals surface area contributed by atoms with Crippen LogP contribution in [0.1, 0.15) is 50.8 Å². The number of anilines is 2. The molecule has 1 amide bonds. The van der Waals surface area contributed by atoms with Crippen molar-refractivity contribution in [3.8, 4) is 0 Å². The van der Waals surface area contributed by atoms with Gasteiger partial charge in [-0.1, -0.05) is 12.1 Å². The van der Waals surface area contributed by atoms with Crippen LogP contribution in [0.5, 0.6) is 0 Å². The van der Waals surface area contributed by atoms with Gasteiger partial charge in [0.2, 0.25) is 5.91 Å². The van der Waals surface area contributed by atoms with E-state index in [0.717, 1.165) is 24.3 Å². The largest absolute Gasteiger partial charge is 0.374 e. The number of hydrogen-bond donors (Lipinski definition) is 2. The Morgan fingerprint density at radius 1 is 1.17 bits per heavy atom. The van der Waals surface area contributed by atoms with E-state index in [1.165, 1.54) is 24.0 Å². The van der Waals surface area contributed by atoms with Gasteiger partial charge < -0.3 is 10.6 Å². The predicted molar refractivity (Wildman–Crippen MR) is 97.4 cm³/mol. The number of aromatic nitrogens is 2. The van der Waals surface area contributed by atoms with Gasteiger partial charge in [0.15, 0.2) is 0 Å². The summed E-state index contributed by atoms with van der Waals surface area (Å²) in [5.41, 5.74) is 3.87. The average molecular weight is 326 g/mol. The lowest BCUT2D eigenvalue weighted by atomic mass is 9.90. The molecule has 3 rings (SSSR count). The molecule has 1 aromatic heterocycles. The first-order valence-electron chi connectivity index (χ1n) is 8.78. The van der Waals surface area contributed by atoms with Gasteiger partial charge >= 0.3 is 0 Å². The van der Waals surface area contributed by atoms with Crippen LogP contribution in [0.3, 0.4) is 0 Å². The van der Waals surface area contributed by atoms with E-state index in [1.54, 1.807) is 6.20 Å². The zero-order valence-electron chi connectivity index (χ0n) is 14.7. The van der Waals surface area contributed by atoms with Crippen molar-refractivity contribution in [3.63, 3.8) is 0 Å². The second-order valence-corrected chi connectivity index (χ2v) is 6.76. The molecular weight excluding hydrogens is 300 g/mol. The van der Waals surface area contributed by atoms with E-state index in [1.807, 2.05) is 31.5 Å². The third-order valence-corrected chi connectivity index (χ3v) is 4.57. The number of carbonyl (C=O) groups is 1. The minimum Gasteiger partial charge on any atom is -0.374 e. The molecular formula is C19H26N4O. The number of fused-ring (bicyclic) bond motifs is 1. The van der Waals surface area contributed by atoms with Crippen LogP contribution in [0.15, 0.2) is 30.5 Å². The lowest BCUT2D eigenvalue weighted by molar-refractivity contribution is -0.116. The maximum Gasteiger partial charge on any atom is 0.247 e. The molecule has 1 heterocycles. The Hall–Kier alpha value is -2.30. The van der Waals surface area contributed by atoms with Crippen LogP contribution >= 0.6 is 0 Å². The number of nitrogens with zero attached hydrogens (tertiary/aromatic N) is 2. The number of nitrogens with one attached hydrogen (secondary N) is 2. The van der Waals surface area contributed by atoms with E-state index in [4.69, 9.17) is 0 Å². The molecule has 0 fully saturated rings.